The van der Waals surface area contributed by atoms with Gasteiger partial charge in [-0.2, -0.15) is 0 Å². The van der Waals surface area contributed by atoms with Crippen molar-refractivity contribution in [2.45, 2.75) is 12.5 Å². The number of hydrogen-bond donors (Lipinski definition) is 1. The summed E-state index contributed by atoms with van der Waals surface area (Å²) in [5.74, 6) is 2.16. The lowest BCUT2D eigenvalue weighted by Crippen LogP contribution is -2.28. The van der Waals surface area contributed by atoms with Crippen molar-refractivity contribution >= 4 is 22.9 Å². The molecular weight excluding hydrogens is 334 g/mol. The predicted molar refractivity (Wildman–Crippen MR) is 97.4 cm³/mol. The average Bonchev–Trinajstić information content (AvgIpc) is 3.05. The number of nitrogens with one attached hydrogen (secondary N) is 1. The number of hydrogen-bond acceptors (Lipinski definition) is 6. The summed E-state index contributed by atoms with van der Waals surface area (Å²) in [5.41, 5.74) is 2.46. The number of rotatable bonds is 4. The Bertz CT molecular complexity index is 971. The lowest BCUT2D eigenvalue weighted by atomic mass is 10.0. The highest BCUT2D eigenvalue weighted by atomic mass is 16.5. The van der Waals surface area contributed by atoms with Gasteiger partial charge in [0.2, 0.25) is 17.6 Å². The Morgan fingerprint density at radius 3 is 2.42 bits per heavy atom. The van der Waals surface area contributed by atoms with Gasteiger partial charge in [0, 0.05) is 0 Å². The Hall–Kier alpha value is -3.22. The maximum Gasteiger partial charge on any atom is 0.236 e. The second kappa shape index (κ2) is 6.25. The first kappa shape index (κ1) is 16.3. The standard InChI is InChI=1S/C19H19N3O4/c1-24-15-8-11(9-16(25-2)18(15)26-3)13-10-17(23)22-14-7-5-4-6-12(14)20-19(22)21-13/h4-9,13H,10H2,1-3H3,(H,20,21). The van der Waals surface area contributed by atoms with Crippen LogP contribution in [0, 0.1) is 0 Å². The van der Waals surface area contributed by atoms with Crippen molar-refractivity contribution in [1.82, 2.24) is 9.55 Å². The summed E-state index contributed by atoms with van der Waals surface area (Å²) < 4.78 is 17.8. The maximum absolute atomic E-state index is 12.8. The van der Waals surface area contributed by atoms with Crippen LogP contribution in [0.5, 0.6) is 17.2 Å². The molecule has 2 heterocycles. The highest BCUT2D eigenvalue weighted by Crippen LogP contribution is 2.41. The van der Waals surface area contributed by atoms with Gasteiger partial charge in [0.05, 0.1) is 44.8 Å². The molecule has 134 valence electrons. The molecule has 7 nitrogen and oxygen atoms in total. The SMILES string of the molecule is COc1cc(C2CC(=O)n3c(nc4ccccc43)N2)cc(OC)c1OC. The molecule has 26 heavy (non-hydrogen) atoms. The molecule has 0 spiro atoms. The van der Waals surface area contributed by atoms with Crippen molar-refractivity contribution in [2.75, 3.05) is 26.6 Å². The molecule has 1 aliphatic rings. The molecular formula is C19H19N3O4. The molecule has 0 radical (unpaired) electrons. The lowest BCUT2D eigenvalue weighted by molar-refractivity contribution is 0.0893. The normalized spacial score (nSPS) is 16.1. The van der Waals surface area contributed by atoms with Gasteiger partial charge in [-0.15, -0.1) is 0 Å². The number of para-hydroxylation sites is 2. The highest BCUT2D eigenvalue weighted by Gasteiger charge is 2.29. The molecule has 0 aliphatic carbocycles. The molecule has 1 N–H and O–H groups in total. The largest absolute Gasteiger partial charge is 0.493 e. The third-order valence-corrected chi connectivity index (χ3v) is 4.58. The monoisotopic (exact) mass is 353 g/mol. The average molecular weight is 353 g/mol. The fourth-order valence-electron chi connectivity index (χ4n) is 3.35. The summed E-state index contributed by atoms with van der Waals surface area (Å²) >= 11 is 0. The minimum absolute atomic E-state index is 0.00815. The molecule has 0 bridgehead atoms. The van der Waals surface area contributed by atoms with Crippen molar-refractivity contribution < 1.29 is 19.0 Å². The van der Waals surface area contributed by atoms with E-state index in [1.54, 1.807) is 25.9 Å². The minimum atomic E-state index is -0.236. The molecule has 0 saturated heterocycles. The van der Waals surface area contributed by atoms with Crippen LogP contribution in [0.1, 0.15) is 22.8 Å². The third-order valence-electron chi connectivity index (χ3n) is 4.58. The van der Waals surface area contributed by atoms with Gasteiger partial charge in [-0.1, -0.05) is 12.1 Å². The number of anilines is 1. The third kappa shape index (κ3) is 2.44. The predicted octanol–water partition coefficient (Wildman–Crippen LogP) is 3.26. The molecule has 1 aliphatic heterocycles. The molecule has 2 aromatic carbocycles. The van der Waals surface area contributed by atoms with E-state index in [1.807, 2.05) is 36.4 Å². The number of nitrogens with zero attached hydrogens (tertiary/aromatic N) is 2. The van der Waals surface area contributed by atoms with Crippen LogP contribution in [0.25, 0.3) is 11.0 Å². The van der Waals surface area contributed by atoms with Gasteiger partial charge in [-0.25, -0.2) is 9.55 Å². The van der Waals surface area contributed by atoms with Gasteiger partial charge >= 0.3 is 0 Å². The van der Waals surface area contributed by atoms with Gasteiger partial charge in [0.1, 0.15) is 0 Å². The quantitative estimate of drug-likeness (QED) is 0.776. The van der Waals surface area contributed by atoms with E-state index in [1.165, 1.54) is 0 Å². The van der Waals surface area contributed by atoms with E-state index in [9.17, 15) is 4.79 Å². The van der Waals surface area contributed by atoms with Crippen LogP contribution in [0.3, 0.4) is 0 Å². The van der Waals surface area contributed by atoms with Crippen molar-refractivity contribution in [1.29, 1.82) is 0 Å². The van der Waals surface area contributed by atoms with Crippen LogP contribution in [0.2, 0.25) is 0 Å². The van der Waals surface area contributed by atoms with Gasteiger partial charge in [-0.05, 0) is 29.8 Å². The molecule has 0 amide bonds. The Labute approximate surface area is 150 Å². The van der Waals surface area contributed by atoms with E-state index in [2.05, 4.69) is 10.3 Å². The zero-order valence-corrected chi connectivity index (χ0v) is 14.8. The first-order chi connectivity index (χ1) is 12.7. The molecule has 1 aromatic heterocycles. The fraction of sp³-hybridized carbons (Fsp3) is 0.263. The second-order valence-corrected chi connectivity index (χ2v) is 6.01. The van der Waals surface area contributed by atoms with E-state index in [-0.39, 0.29) is 11.9 Å². The van der Waals surface area contributed by atoms with Crippen LogP contribution in [0.4, 0.5) is 5.95 Å². The molecule has 4 rings (SSSR count). The summed E-state index contributed by atoms with van der Waals surface area (Å²) in [4.78, 5) is 17.3. The van der Waals surface area contributed by atoms with Crippen LogP contribution in [-0.2, 0) is 0 Å². The maximum atomic E-state index is 12.8. The van der Waals surface area contributed by atoms with Crippen LogP contribution >= 0.6 is 0 Å². The Kier molecular flexibility index (Phi) is 3.91. The molecule has 1 unspecified atom stereocenters. The molecule has 1 atom stereocenters. The van der Waals surface area contributed by atoms with Gasteiger partial charge in [-0.3, -0.25) is 4.79 Å². The van der Waals surface area contributed by atoms with Crippen LogP contribution < -0.4 is 19.5 Å². The van der Waals surface area contributed by atoms with Gasteiger partial charge in [0.25, 0.3) is 0 Å². The number of aromatic nitrogens is 2. The van der Waals surface area contributed by atoms with Crippen molar-refractivity contribution in [3.63, 3.8) is 0 Å². The Morgan fingerprint density at radius 1 is 1.08 bits per heavy atom. The van der Waals surface area contributed by atoms with Crippen molar-refractivity contribution in [3.05, 3.63) is 42.0 Å². The molecule has 3 aromatic rings. The lowest BCUT2D eigenvalue weighted by Gasteiger charge is -2.26. The van der Waals surface area contributed by atoms with E-state index in [4.69, 9.17) is 14.2 Å². The van der Waals surface area contributed by atoms with Gasteiger partial charge in [0.15, 0.2) is 11.5 Å². The van der Waals surface area contributed by atoms with Crippen molar-refractivity contribution in [3.8, 4) is 17.2 Å². The number of imidazole rings is 1. The second-order valence-electron chi connectivity index (χ2n) is 6.01. The smallest absolute Gasteiger partial charge is 0.236 e. The summed E-state index contributed by atoms with van der Waals surface area (Å²) in [5, 5.41) is 3.35. The Morgan fingerprint density at radius 2 is 1.77 bits per heavy atom. The summed E-state index contributed by atoms with van der Waals surface area (Å²) in [7, 11) is 4.70. The summed E-state index contributed by atoms with van der Waals surface area (Å²) in [6.45, 7) is 0. The summed E-state index contributed by atoms with van der Waals surface area (Å²) in [6, 6.07) is 11.1. The number of benzene rings is 2. The first-order valence-corrected chi connectivity index (χ1v) is 8.23. The number of methoxy groups -OCH3 is 3. The fourth-order valence-corrected chi connectivity index (χ4v) is 3.35. The molecule has 0 saturated carbocycles. The Balaban J connectivity index is 1.77. The first-order valence-electron chi connectivity index (χ1n) is 8.23. The van der Waals surface area contributed by atoms with Crippen LogP contribution in [0.15, 0.2) is 36.4 Å². The minimum Gasteiger partial charge on any atom is -0.493 e. The van der Waals surface area contributed by atoms with E-state index < -0.39 is 0 Å². The molecule has 0 fully saturated rings. The van der Waals surface area contributed by atoms with E-state index >= 15 is 0 Å². The number of fused-ring (bicyclic) bond motifs is 3. The van der Waals surface area contributed by atoms with Crippen LogP contribution in [-0.4, -0.2) is 36.8 Å². The summed E-state index contributed by atoms with van der Waals surface area (Å²) in [6.07, 6.45) is 0.298. The molecule has 7 heteroatoms. The highest BCUT2D eigenvalue weighted by molar-refractivity contribution is 5.95. The van der Waals surface area contributed by atoms with Crippen molar-refractivity contribution in [2.24, 2.45) is 0 Å². The van der Waals surface area contributed by atoms with E-state index in [0.717, 1.165) is 16.6 Å². The van der Waals surface area contributed by atoms with E-state index in [0.29, 0.717) is 29.6 Å². The zero-order chi connectivity index (χ0) is 18.3. The number of ether oxygens (including phenoxy) is 3. The number of carbonyl (C=O) groups excluding carboxylic acids is 1. The number of carbonyl (C=O) groups is 1. The van der Waals surface area contributed by atoms with Gasteiger partial charge < -0.3 is 19.5 Å². The topological polar surface area (TPSA) is 74.6 Å². The zero-order valence-electron chi connectivity index (χ0n) is 14.8.